The van der Waals surface area contributed by atoms with Gasteiger partial charge in [0, 0.05) is 13.0 Å². The fourth-order valence-corrected chi connectivity index (χ4v) is 1.14. The van der Waals surface area contributed by atoms with Crippen LogP contribution < -0.4 is 0 Å². The first-order valence-corrected chi connectivity index (χ1v) is 4.84. The maximum Gasteiger partial charge on any atom is 0.303 e. The van der Waals surface area contributed by atoms with Crippen molar-refractivity contribution in [3.8, 4) is 12.3 Å². The number of aliphatic hydroxyl groups is 1. The molecule has 0 atom stereocenters. The molecule has 82 valence electrons. The molecule has 0 rings (SSSR count). The second-order valence-electron chi connectivity index (χ2n) is 3.07. The van der Waals surface area contributed by atoms with Crippen LogP contribution in [-0.2, 0) is 4.79 Å². The summed E-state index contributed by atoms with van der Waals surface area (Å²) in [6, 6.07) is 0. The topological polar surface area (TPSA) is 57.5 Å². The molecular weight excluding hydrogens is 192 g/mol. The van der Waals surface area contributed by atoms with Gasteiger partial charge < -0.3 is 10.2 Å². The summed E-state index contributed by atoms with van der Waals surface area (Å²) in [5, 5.41) is 17.2. The van der Waals surface area contributed by atoms with E-state index in [0.29, 0.717) is 19.3 Å². The summed E-state index contributed by atoms with van der Waals surface area (Å²) < 4.78 is 0. The summed E-state index contributed by atoms with van der Waals surface area (Å²) in [4.78, 5) is 10.3. The zero-order valence-corrected chi connectivity index (χ0v) is 8.65. The molecule has 3 nitrogen and oxygen atoms in total. The van der Waals surface area contributed by atoms with Crippen molar-refractivity contribution >= 4 is 5.97 Å². The Bertz CT molecular complexity index is 282. The Balaban J connectivity index is 4.04. The third-order valence-electron chi connectivity index (χ3n) is 1.85. The molecule has 15 heavy (non-hydrogen) atoms. The van der Waals surface area contributed by atoms with E-state index in [2.05, 4.69) is 5.92 Å². The number of allylic oxidation sites excluding steroid dienone is 3. The van der Waals surface area contributed by atoms with Crippen molar-refractivity contribution in [1.29, 1.82) is 0 Å². The molecule has 0 amide bonds. The number of terminal acetylenes is 1. The molecule has 0 fully saturated rings. The van der Waals surface area contributed by atoms with Crippen LogP contribution in [0, 0.1) is 12.3 Å². The highest BCUT2D eigenvalue weighted by Crippen LogP contribution is 2.11. The average Bonchev–Trinajstić information content (AvgIpc) is 2.17. The van der Waals surface area contributed by atoms with Crippen LogP contribution in [-0.4, -0.2) is 22.8 Å². The highest BCUT2D eigenvalue weighted by atomic mass is 16.4. The Morgan fingerprint density at radius 3 is 2.60 bits per heavy atom. The first-order chi connectivity index (χ1) is 7.20. The van der Waals surface area contributed by atoms with Gasteiger partial charge in [-0.2, -0.15) is 0 Å². The van der Waals surface area contributed by atoms with E-state index >= 15 is 0 Å². The Morgan fingerprint density at radius 1 is 1.33 bits per heavy atom. The van der Waals surface area contributed by atoms with Gasteiger partial charge >= 0.3 is 5.97 Å². The second kappa shape index (κ2) is 9.04. The Kier molecular flexibility index (Phi) is 8.12. The minimum atomic E-state index is -0.794. The molecule has 0 spiro atoms. The summed E-state index contributed by atoms with van der Waals surface area (Å²) in [7, 11) is 0. The maximum atomic E-state index is 10.3. The fraction of sp³-hybridized carbons (Fsp3) is 0.417. The van der Waals surface area contributed by atoms with Gasteiger partial charge in [-0.25, -0.2) is 0 Å². The van der Waals surface area contributed by atoms with Gasteiger partial charge in [0.15, 0.2) is 0 Å². The van der Waals surface area contributed by atoms with Crippen molar-refractivity contribution in [2.24, 2.45) is 0 Å². The predicted molar refractivity (Wildman–Crippen MR) is 59.2 cm³/mol. The number of aliphatic carboxylic acids is 1. The molecule has 0 saturated heterocycles. The van der Waals surface area contributed by atoms with E-state index in [1.165, 1.54) is 0 Å². The lowest BCUT2D eigenvalue weighted by atomic mass is 10.1. The van der Waals surface area contributed by atoms with E-state index in [0.717, 1.165) is 5.57 Å². The van der Waals surface area contributed by atoms with E-state index in [1.54, 1.807) is 12.2 Å². The van der Waals surface area contributed by atoms with Gasteiger partial charge in [-0.1, -0.05) is 23.6 Å². The molecule has 0 aromatic heterocycles. The Morgan fingerprint density at radius 2 is 2.07 bits per heavy atom. The smallest absolute Gasteiger partial charge is 0.303 e. The van der Waals surface area contributed by atoms with Gasteiger partial charge in [0.1, 0.15) is 0 Å². The van der Waals surface area contributed by atoms with Crippen LogP contribution in [0.25, 0.3) is 0 Å². The summed E-state index contributed by atoms with van der Waals surface area (Å²) in [5.41, 5.74) is 1.02. The van der Waals surface area contributed by atoms with Gasteiger partial charge in [0.05, 0.1) is 0 Å². The lowest BCUT2D eigenvalue weighted by Gasteiger charge is -2.02. The van der Waals surface area contributed by atoms with Gasteiger partial charge in [-0.05, 0) is 25.3 Å². The van der Waals surface area contributed by atoms with Crippen LogP contribution in [0.5, 0.6) is 0 Å². The predicted octanol–water partition coefficient (Wildman–Crippen LogP) is 1.74. The molecule has 2 N–H and O–H groups in total. The Hall–Kier alpha value is -1.53. The standard InChI is InChI=1S/C12H16O3/c1-2-3-4-6-11(9-10-13)7-5-8-12(14)15/h1,3-4,6,13H,5,7-10H2,(H,14,15)/b4-3-,11-6-. The van der Waals surface area contributed by atoms with Crippen LogP contribution in [0.3, 0.4) is 0 Å². The highest BCUT2D eigenvalue weighted by molar-refractivity contribution is 5.66. The van der Waals surface area contributed by atoms with Crippen LogP contribution in [0.1, 0.15) is 25.7 Å². The summed E-state index contributed by atoms with van der Waals surface area (Å²) in [5.74, 6) is 1.56. The number of hydrogen-bond donors (Lipinski definition) is 2. The average molecular weight is 208 g/mol. The van der Waals surface area contributed by atoms with Gasteiger partial charge in [0.2, 0.25) is 0 Å². The molecule has 0 aliphatic heterocycles. The molecule has 0 unspecified atom stereocenters. The van der Waals surface area contributed by atoms with E-state index < -0.39 is 5.97 Å². The zero-order valence-electron chi connectivity index (χ0n) is 8.65. The van der Waals surface area contributed by atoms with Crippen molar-refractivity contribution in [1.82, 2.24) is 0 Å². The number of rotatable bonds is 7. The fourth-order valence-electron chi connectivity index (χ4n) is 1.14. The number of hydrogen-bond acceptors (Lipinski definition) is 2. The Labute approximate surface area is 90.1 Å². The molecule has 0 heterocycles. The number of carboxylic acid groups (broad SMARTS) is 1. The quantitative estimate of drug-likeness (QED) is 0.495. The summed E-state index contributed by atoms with van der Waals surface area (Å²) in [6.07, 6.45) is 12.1. The third kappa shape index (κ3) is 8.79. The molecule has 0 bridgehead atoms. The molecule has 3 heteroatoms. The van der Waals surface area contributed by atoms with Crippen molar-refractivity contribution in [3.05, 3.63) is 23.8 Å². The van der Waals surface area contributed by atoms with Gasteiger partial charge in [0.25, 0.3) is 0 Å². The first kappa shape index (κ1) is 13.5. The molecule has 0 radical (unpaired) electrons. The number of carboxylic acids is 1. The van der Waals surface area contributed by atoms with Gasteiger partial charge in [-0.15, -0.1) is 6.42 Å². The van der Waals surface area contributed by atoms with Crippen molar-refractivity contribution in [3.63, 3.8) is 0 Å². The third-order valence-corrected chi connectivity index (χ3v) is 1.85. The minimum absolute atomic E-state index is 0.0722. The highest BCUT2D eigenvalue weighted by Gasteiger charge is 1.99. The van der Waals surface area contributed by atoms with Crippen LogP contribution in [0.2, 0.25) is 0 Å². The maximum absolute atomic E-state index is 10.3. The summed E-state index contributed by atoms with van der Waals surface area (Å²) in [6.45, 7) is 0.0722. The minimum Gasteiger partial charge on any atom is -0.481 e. The molecule has 0 aliphatic carbocycles. The molecule has 0 aromatic carbocycles. The number of aliphatic hydroxyl groups excluding tert-OH is 1. The van der Waals surface area contributed by atoms with Crippen LogP contribution >= 0.6 is 0 Å². The summed E-state index contributed by atoms with van der Waals surface area (Å²) >= 11 is 0. The SMILES string of the molecule is C#C/C=C\C=C(/CCO)CCCC(=O)O. The zero-order chi connectivity index (χ0) is 11.5. The van der Waals surface area contributed by atoms with E-state index in [-0.39, 0.29) is 13.0 Å². The monoisotopic (exact) mass is 208 g/mol. The number of carbonyl (C=O) groups is 1. The van der Waals surface area contributed by atoms with Gasteiger partial charge in [-0.3, -0.25) is 4.79 Å². The van der Waals surface area contributed by atoms with E-state index in [4.69, 9.17) is 16.6 Å². The first-order valence-electron chi connectivity index (χ1n) is 4.84. The normalized spacial score (nSPS) is 11.6. The van der Waals surface area contributed by atoms with Crippen molar-refractivity contribution in [2.75, 3.05) is 6.61 Å². The van der Waals surface area contributed by atoms with Crippen molar-refractivity contribution in [2.45, 2.75) is 25.7 Å². The van der Waals surface area contributed by atoms with E-state index in [9.17, 15) is 4.79 Å². The van der Waals surface area contributed by atoms with Crippen LogP contribution in [0.15, 0.2) is 23.8 Å². The molecule has 0 aromatic rings. The second-order valence-corrected chi connectivity index (χ2v) is 3.07. The van der Waals surface area contributed by atoms with Crippen molar-refractivity contribution < 1.29 is 15.0 Å². The molecule has 0 aliphatic rings. The van der Waals surface area contributed by atoms with Crippen LogP contribution in [0.4, 0.5) is 0 Å². The molecular formula is C12H16O3. The lowest BCUT2D eigenvalue weighted by molar-refractivity contribution is -0.137. The lowest BCUT2D eigenvalue weighted by Crippen LogP contribution is -1.96. The largest absolute Gasteiger partial charge is 0.481 e. The van der Waals surface area contributed by atoms with E-state index in [1.807, 2.05) is 6.08 Å². The molecule has 0 saturated carbocycles.